The van der Waals surface area contributed by atoms with Crippen LogP contribution in [0.25, 0.3) is 0 Å². The van der Waals surface area contributed by atoms with Crippen LogP contribution in [0.1, 0.15) is 37.0 Å². The molecule has 0 saturated heterocycles. The summed E-state index contributed by atoms with van der Waals surface area (Å²) in [5.74, 6) is -3.01. The molecule has 0 spiro atoms. The lowest BCUT2D eigenvalue weighted by Crippen LogP contribution is -2.22. The Balaban J connectivity index is 3.05. The zero-order chi connectivity index (χ0) is 18.3. The maximum atomic E-state index is 11.6. The molecule has 1 atom stereocenters. The molecule has 0 heterocycles. The average molecular weight is 337 g/mol. The molecule has 7 heteroatoms. The number of carboxylic acid groups (broad SMARTS) is 1. The lowest BCUT2D eigenvalue weighted by atomic mass is 9.91. The number of nitrogens with two attached hydrogens (primary N) is 1. The van der Waals surface area contributed by atoms with E-state index in [9.17, 15) is 19.5 Å². The summed E-state index contributed by atoms with van der Waals surface area (Å²) in [6, 6.07) is 3.37. The maximum Gasteiger partial charge on any atom is 0.307 e. The van der Waals surface area contributed by atoms with Crippen molar-refractivity contribution in [3.63, 3.8) is 0 Å². The second-order valence-electron chi connectivity index (χ2n) is 5.45. The fourth-order valence-corrected chi connectivity index (χ4v) is 2.33. The van der Waals surface area contributed by atoms with Crippen molar-refractivity contribution in [3.8, 4) is 0 Å². The van der Waals surface area contributed by atoms with Gasteiger partial charge in [0.2, 0.25) is 0 Å². The van der Waals surface area contributed by atoms with E-state index >= 15 is 0 Å². The third kappa shape index (κ3) is 5.57. The number of benzene rings is 1. The van der Waals surface area contributed by atoms with Crippen molar-refractivity contribution in [2.24, 2.45) is 5.92 Å². The van der Waals surface area contributed by atoms with Gasteiger partial charge in [-0.3, -0.25) is 14.4 Å². The van der Waals surface area contributed by atoms with Gasteiger partial charge in [-0.05, 0) is 43.0 Å². The number of rotatable bonds is 8. The van der Waals surface area contributed by atoms with Crippen molar-refractivity contribution in [3.05, 3.63) is 28.8 Å². The van der Waals surface area contributed by atoms with Crippen LogP contribution in [-0.2, 0) is 36.9 Å². The molecule has 7 nitrogen and oxygen atoms in total. The Morgan fingerprint density at radius 3 is 2.46 bits per heavy atom. The third-order valence-corrected chi connectivity index (χ3v) is 3.69. The number of carbonyl (C=O) groups is 3. The monoisotopic (exact) mass is 337 g/mol. The molecule has 24 heavy (non-hydrogen) atoms. The van der Waals surface area contributed by atoms with E-state index in [4.69, 9.17) is 15.2 Å². The molecular formula is C17H23NO6. The number of hydrogen-bond acceptors (Lipinski definition) is 6. The van der Waals surface area contributed by atoms with Gasteiger partial charge >= 0.3 is 17.9 Å². The Labute approximate surface area is 140 Å². The van der Waals surface area contributed by atoms with Crippen LogP contribution in [0.2, 0.25) is 0 Å². The van der Waals surface area contributed by atoms with Crippen LogP contribution in [0.15, 0.2) is 12.1 Å². The number of ether oxygens (including phenoxy) is 2. The first-order valence-corrected chi connectivity index (χ1v) is 7.64. The fraction of sp³-hybridized carbons (Fsp3) is 0.471. The summed E-state index contributed by atoms with van der Waals surface area (Å²) >= 11 is 0. The van der Waals surface area contributed by atoms with Crippen LogP contribution < -0.4 is 5.73 Å². The molecule has 0 aromatic heterocycles. The number of anilines is 1. The molecule has 0 radical (unpaired) electrons. The van der Waals surface area contributed by atoms with E-state index < -0.39 is 23.8 Å². The number of esters is 2. The second-order valence-corrected chi connectivity index (χ2v) is 5.45. The summed E-state index contributed by atoms with van der Waals surface area (Å²) in [6.07, 6.45) is -0.106. The highest BCUT2D eigenvalue weighted by Crippen LogP contribution is 2.25. The van der Waals surface area contributed by atoms with Gasteiger partial charge in [-0.2, -0.15) is 0 Å². The van der Waals surface area contributed by atoms with Crippen molar-refractivity contribution >= 4 is 23.6 Å². The largest absolute Gasteiger partial charge is 0.481 e. The minimum absolute atomic E-state index is 0.00723. The van der Waals surface area contributed by atoms with Gasteiger partial charge in [-0.1, -0.05) is 6.07 Å². The number of aliphatic carboxylic acids is 1. The van der Waals surface area contributed by atoms with Gasteiger partial charge in [-0.15, -0.1) is 0 Å². The Hall–Kier alpha value is -2.57. The molecule has 0 unspecified atom stereocenters. The van der Waals surface area contributed by atoms with Crippen molar-refractivity contribution < 1.29 is 29.0 Å². The molecule has 0 aliphatic heterocycles. The summed E-state index contributed by atoms with van der Waals surface area (Å²) < 4.78 is 9.85. The molecule has 0 aliphatic rings. The minimum atomic E-state index is -1.09. The average Bonchev–Trinajstić information content (AvgIpc) is 2.49. The number of carbonyl (C=O) groups excluding carboxylic acids is 2. The first-order valence-electron chi connectivity index (χ1n) is 7.64. The molecule has 0 bridgehead atoms. The molecule has 1 aromatic rings. The van der Waals surface area contributed by atoms with Gasteiger partial charge in [0.25, 0.3) is 0 Å². The van der Waals surface area contributed by atoms with Crippen LogP contribution in [0, 0.1) is 12.8 Å². The minimum Gasteiger partial charge on any atom is -0.481 e. The first kappa shape index (κ1) is 19.5. The van der Waals surface area contributed by atoms with E-state index in [1.807, 2.05) is 0 Å². The molecule has 132 valence electrons. The van der Waals surface area contributed by atoms with Crippen LogP contribution >= 0.6 is 0 Å². The molecule has 0 aliphatic carbocycles. The van der Waals surface area contributed by atoms with Gasteiger partial charge in [0.15, 0.2) is 0 Å². The highest BCUT2D eigenvalue weighted by atomic mass is 16.5. The molecule has 0 fully saturated rings. The fourth-order valence-electron chi connectivity index (χ4n) is 2.33. The Morgan fingerprint density at radius 2 is 1.92 bits per heavy atom. The summed E-state index contributed by atoms with van der Waals surface area (Å²) in [5, 5.41) is 9.37. The molecule has 3 N–H and O–H groups in total. The quantitative estimate of drug-likeness (QED) is 0.549. The highest BCUT2D eigenvalue weighted by molar-refractivity contribution is 5.79. The third-order valence-electron chi connectivity index (χ3n) is 3.69. The van der Waals surface area contributed by atoms with E-state index in [2.05, 4.69) is 0 Å². The number of nitrogen functional groups attached to an aromatic ring is 1. The molecule has 0 amide bonds. The number of carboxylic acids is 1. The summed E-state index contributed by atoms with van der Waals surface area (Å²) in [4.78, 5) is 34.1. The maximum absolute atomic E-state index is 11.6. The van der Waals surface area contributed by atoms with Gasteiger partial charge < -0.3 is 20.3 Å². The van der Waals surface area contributed by atoms with Crippen LogP contribution in [-0.4, -0.2) is 29.6 Å². The number of hydrogen-bond donors (Lipinski definition) is 2. The Kier molecular flexibility index (Phi) is 7.23. The van der Waals surface area contributed by atoms with E-state index in [0.717, 1.165) is 5.56 Å². The van der Waals surface area contributed by atoms with Crippen LogP contribution in [0.5, 0.6) is 0 Å². The van der Waals surface area contributed by atoms with Gasteiger partial charge in [0.1, 0.15) is 6.61 Å². The smallest absolute Gasteiger partial charge is 0.307 e. The standard InChI is InChI=1S/C17H23NO6/c1-4-23-16(20)8-13(17(21)22)7-12-5-6-15(18)10(2)14(12)9-24-11(3)19/h5-6,13H,4,7-9,18H2,1-3H3,(H,21,22)/t13-/m1/s1. The Bertz CT molecular complexity index is 626. The summed E-state index contributed by atoms with van der Waals surface area (Å²) in [5.41, 5.74) is 8.48. The molecular weight excluding hydrogens is 314 g/mol. The topological polar surface area (TPSA) is 116 Å². The van der Waals surface area contributed by atoms with Crippen molar-refractivity contribution in [1.29, 1.82) is 0 Å². The normalized spacial score (nSPS) is 11.6. The molecule has 1 aromatic carbocycles. The predicted octanol–water partition coefficient (Wildman–Crippen LogP) is 1.84. The Morgan fingerprint density at radius 1 is 1.25 bits per heavy atom. The molecule has 0 saturated carbocycles. The van der Waals surface area contributed by atoms with Gasteiger partial charge in [0, 0.05) is 12.6 Å². The van der Waals surface area contributed by atoms with Crippen LogP contribution in [0.3, 0.4) is 0 Å². The predicted molar refractivity (Wildman–Crippen MR) is 87.1 cm³/mol. The zero-order valence-electron chi connectivity index (χ0n) is 14.1. The lowest BCUT2D eigenvalue weighted by molar-refractivity contribution is -0.151. The lowest BCUT2D eigenvalue weighted by Gasteiger charge is -2.17. The van der Waals surface area contributed by atoms with E-state index in [0.29, 0.717) is 16.8 Å². The SMILES string of the molecule is CCOC(=O)C[C@@H](Cc1ccc(N)c(C)c1COC(C)=O)C(=O)O. The summed E-state index contributed by atoms with van der Waals surface area (Å²) in [7, 11) is 0. The molecule has 1 rings (SSSR count). The van der Waals surface area contributed by atoms with Crippen molar-refractivity contribution in [2.45, 2.75) is 40.2 Å². The van der Waals surface area contributed by atoms with E-state index in [1.165, 1.54) is 6.92 Å². The van der Waals surface area contributed by atoms with Crippen molar-refractivity contribution in [2.75, 3.05) is 12.3 Å². The van der Waals surface area contributed by atoms with Gasteiger partial charge in [-0.25, -0.2) is 0 Å². The second kappa shape index (κ2) is 8.90. The van der Waals surface area contributed by atoms with Gasteiger partial charge in [0.05, 0.1) is 18.9 Å². The van der Waals surface area contributed by atoms with Crippen molar-refractivity contribution in [1.82, 2.24) is 0 Å². The zero-order valence-corrected chi connectivity index (χ0v) is 14.1. The summed E-state index contributed by atoms with van der Waals surface area (Å²) in [6.45, 7) is 4.94. The highest BCUT2D eigenvalue weighted by Gasteiger charge is 2.24. The van der Waals surface area contributed by atoms with E-state index in [-0.39, 0.29) is 26.1 Å². The first-order chi connectivity index (χ1) is 11.3. The van der Waals surface area contributed by atoms with E-state index in [1.54, 1.807) is 26.0 Å². The van der Waals surface area contributed by atoms with Crippen LogP contribution in [0.4, 0.5) is 5.69 Å².